The first-order valence-electron chi connectivity index (χ1n) is 7.48. The summed E-state index contributed by atoms with van der Waals surface area (Å²) < 4.78 is 32.8. The van der Waals surface area contributed by atoms with Gasteiger partial charge in [0.1, 0.15) is 0 Å². The molecule has 1 aliphatic carbocycles. The lowest BCUT2D eigenvalue weighted by Crippen LogP contribution is -2.60. The zero-order chi connectivity index (χ0) is 16.1. The summed E-state index contributed by atoms with van der Waals surface area (Å²) in [5, 5.41) is 0. The summed E-state index contributed by atoms with van der Waals surface area (Å²) in [7, 11) is -3.95. The van der Waals surface area contributed by atoms with Crippen molar-refractivity contribution in [2.75, 3.05) is 19.7 Å². The quantitative estimate of drug-likeness (QED) is 0.765. The third kappa shape index (κ3) is 4.31. The van der Waals surface area contributed by atoms with Gasteiger partial charge in [0.25, 0.3) is 0 Å². The number of nitrogens with one attached hydrogen (secondary N) is 1. The SMILES string of the molecule is CCOC(=O)NS(=O)(=O)N(CC)C1(CN)CCC(C)CC1. The second kappa shape index (κ2) is 7.42. The highest BCUT2D eigenvalue weighted by Crippen LogP contribution is 2.36. The zero-order valence-corrected chi connectivity index (χ0v) is 13.9. The molecule has 1 rings (SSSR count). The van der Waals surface area contributed by atoms with Gasteiger partial charge < -0.3 is 10.5 Å². The summed E-state index contributed by atoms with van der Waals surface area (Å²) in [6.07, 6.45) is 2.34. The first-order valence-corrected chi connectivity index (χ1v) is 8.92. The Labute approximate surface area is 127 Å². The van der Waals surface area contributed by atoms with Crippen LogP contribution in [0.2, 0.25) is 0 Å². The van der Waals surface area contributed by atoms with Crippen molar-refractivity contribution in [2.45, 2.75) is 52.0 Å². The molecule has 7 nitrogen and oxygen atoms in total. The van der Waals surface area contributed by atoms with Crippen LogP contribution in [0.1, 0.15) is 46.5 Å². The van der Waals surface area contributed by atoms with Gasteiger partial charge in [0.2, 0.25) is 0 Å². The average Bonchev–Trinajstić information content (AvgIpc) is 2.41. The number of amides is 1. The number of ether oxygens (including phenoxy) is 1. The molecule has 124 valence electrons. The van der Waals surface area contributed by atoms with Crippen molar-refractivity contribution in [2.24, 2.45) is 11.7 Å². The van der Waals surface area contributed by atoms with Gasteiger partial charge in [-0.25, -0.2) is 9.52 Å². The van der Waals surface area contributed by atoms with Gasteiger partial charge in [-0.3, -0.25) is 0 Å². The van der Waals surface area contributed by atoms with E-state index >= 15 is 0 Å². The van der Waals surface area contributed by atoms with Gasteiger partial charge in [-0.05, 0) is 38.5 Å². The van der Waals surface area contributed by atoms with E-state index in [-0.39, 0.29) is 19.7 Å². The predicted molar refractivity (Wildman–Crippen MR) is 80.9 cm³/mol. The molecule has 3 N–H and O–H groups in total. The van der Waals surface area contributed by atoms with Crippen LogP contribution in [-0.4, -0.2) is 44.1 Å². The molecule has 0 spiro atoms. The van der Waals surface area contributed by atoms with Crippen LogP contribution in [0.4, 0.5) is 4.79 Å². The number of likely N-dealkylation sites (N-methyl/N-ethyl adjacent to an activating group) is 1. The van der Waals surface area contributed by atoms with Crippen LogP contribution < -0.4 is 10.5 Å². The molecule has 21 heavy (non-hydrogen) atoms. The molecule has 0 unspecified atom stereocenters. The molecule has 0 radical (unpaired) electrons. The number of carbonyl (C=O) groups excluding carboxylic acids is 1. The molecule has 8 heteroatoms. The number of carbonyl (C=O) groups is 1. The molecule has 1 saturated carbocycles. The zero-order valence-electron chi connectivity index (χ0n) is 13.1. The predicted octanol–water partition coefficient (Wildman–Crippen LogP) is 1.21. The lowest BCUT2D eigenvalue weighted by Gasteiger charge is -2.45. The fourth-order valence-corrected chi connectivity index (χ4v) is 4.42. The van der Waals surface area contributed by atoms with Gasteiger partial charge in [0, 0.05) is 18.6 Å². The molecule has 0 heterocycles. The normalized spacial score (nSPS) is 26.6. The Bertz CT molecular complexity index is 444. The Balaban J connectivity index is 2.95. The topological polar surface area (TPSA) is 102 Å². The van der Waals surface area contributed by atoms with Gasteiger partial charge >= 0.3 is 16.3 Å². The largest absolute Gasteiger partial charge is 0.449 e. The minimum Gasteiger partial charge on any atom is -0.449 e. The fraction of sp³-hybridized carbons (Fsp3) is 0.923. The van der Waals surface area contributed by atoms with Crippen LogP contribution in [0.3, 0.4) is 0 Å². The molecule has 0 aromatic rings. The van der Waals surface area contributed by atoms with E-state index in [1.807, 2.05) is 4.72 Å². The molecule has 1 aliphatic rings. The Kier molecular flexibility index (Phi) is 6.42. The highest BCUT2D eigenvalue weighted by atomic mass is 32.2. The van der Waals surface area contributed by atoms with Crippen molar-refractivity contribution < 1.29 is 17.9 Å². The van der Waals surface area contributed by atoms with Crippen molar-refractivity contribution in [1.82, 2.24) is 9.03 Å². The van der Waals surface area contributed by atoms with E-state index < -0.39 is 21.8 Å². The maximum absolute atomic E-state index is 12.5. The number of hydrogen-bond donors (Lipinski definition) is 2. The highest BCUT2D eigenvalue weighted by Gasteiger charge is 2.44. The van der Waals surface area contributed by atoms with E-state index in [1.165, 1.54) is 4.31 Å². The average molecular weight is 321 g/mol. The summed E-state index contributed by atoms with van der Waals surface area (Å²) in [6.45, 7) is 6.15. The number of nitrogens with two attached hydrogens (primary N) is 1. The minimum absolute atomic E-state index is 0.118. The molecule has 1 amide bonds. The monoisotopic (exact) mass is 321 g/mol. The second-order valence-corrected chi connectivity index (χ2v) is 7.20. The Morgan fingerprint density at radius 2 is 1.95 bits per heavy atom. The van der Waals surface area contributed by atoms with E-state index in [0.29, 0.717) is 18.8 Å². The van der Waals surface area contributed by atoms with Crippen molar-refractivity contribution in [3.8, 4) is 0 Å². The third-order valence-corrected chi connectivity index (χ3v) is 5.83. The van der Waals surface area contributed by atoms with Crippen LogP contribution >= 0.6 is 0 Å². The van der Waals surface area contributed by atoms with Gasteiger partial charge in [-0.2, -0.15) is 12.7 Å². The summed E-state index contributed by atoms with van der Waals surface area (Å²) in [5.41, 5.74) is 5.28. The van der Waals surface area contributed by atoms with Crippen LogP contribution in [0.15, 0.2) is 0 Å². The molecule has 0 saturated heterocycles. The van der Waals surface area contributed by atoms with Crippen LogP contribution in [0.5, 0.6) is 0 Å². The van der Waals surface area contributed by atoms with E-state index in [0.717, 1.165) is 12.8 Å². The van der Waals surface area contributed by atoms with Crippen molar-refractivity contribution in [3.63, 3.8) is 0 Å². The van der Waals surface area contributed by atoms with E-state index in [9.17, 15) is 13.2 Å². The third-order valence-electron chi connectivity index (χ3n) is 4.18. The highest BCUT2D eigenvalue weighted by molar-refractivity contribution is 7.87. The lowest BCUT2D eigenvalue weighted by atomic mass is 9.77. The maximum atomic E-state index is 12.5. The summed E-state index contributed by atoms with van der Waals surface area (Å²) in [4.78, 5) is 11.4. The second-order valence-electron chi connectivity index (χ2n) is 5.60. The molecular weight excluding hydrogens is 294 g/mol. The van der Waals surface area contributed by atoms with E-state index in [4.69, 9.17) is 5.73 Å². The Morgan fingerprint density at radius 3 is 2.38 bits per heavy atom. The van der Waals surface area contributed by atoms with Gasteiger partial charge in [0.15, 0.2) is 0 Å². The number of hydrogen-bond acceptors (Lipinski definition) is 5. The van der Waals surface area contributed by atoms with Gasteiger partial charge in [0.05, 0.1) is 6.61 Å². The number of nitrogens with zero attached hydrogens (tertiary/aromatic N) is 1. The van der Waals surface area contributed by atoms with Crippen molar-refractivity contribution >= 4 is 16.3 Å². The van der Waals surface area contributed by atoms with E-state index in [1.54, 1.807) is 13.8 Å². The molecule has 0 aliphatic heterocycles. The summed E-state index contributed by atoms with van der Waals surface area (Å²) in [6, 6.07) is 0. The maximum Gasteiger partial charge on any atom is 0.421 e. The minimum atomic E-state index is -3.95. The van der Waals surface area contributed by atoms with E-state index in [2.05, 4.69) is 11.7 Å². The van der Waals surface area contributed by atoms with Gasteiger partial charge in [-0.1, -0.05) is 13.8 Å². The molecule has 1 fully saturated rings. The van der Waals surface area contributed by atoms with Gasteiger partial charge in [-0.15, -0.1) is 0 Å². The lowest BCUT2D eigenvalue weighted by molar-refractivity contribution is 0.117. The first-order chi connectivity index (χ1) is 9.81. The smallest absolute Gasteiger partial charge is 0.421 e. The van der Waals surface area contributed by atoms with Crippen molar-refractivity contribution in [1.29, 1.82) is 0 Å². The molecule has 0 aromatic heterocycles. The van der Waals surface area contributed by atoms with Crippen LogP contribution in [-0.2, 0) is 14.9 Å². The first kappa shape index (κ1) is 18.2. The fourth-order valence-electron chi connectivity index (χ4n) is 2.94. The number of rotatable bonds is 6. The summed E-state index contributed by atoms with van der Waals surface area (Å²) in [5.74, 6) is 0.573. The molecule has 0 bridgehead atoms. The Hall–Kier alpha value is -0.860. The standard InChI is InChI=1S/C13H27N3O4S/c1-4-16(21(18,19)15-12(17)20-5-2)13(10-14)8-6-11(3)7-9-13/h11H,4-10,14H2,1-3H3,(H,15,17). The van der Waals surface area contributed by atoms with Crippen LogP contribution in [0.25, 0.3) is 0 Å². The molecule has 0 aromatic carbocycles. The molecular formula is C13H27N3O4S. The molecule has 0 atom stereocenters. The Morgan fingerprint density at radius 1 is 1.38 bits per heavy atom. The van der Waals surface area contributed by atoms with Crippen molar-refractivity contribution in [3.05, 3.63) is 0 Å². The summed E-state index contributed by atoms with van der Waals surface area (Å²) >= 11 is 0. The van der Waals surface area contributed by atoms with Crippen LogP contribution in [0, 0.1) is 5.92 Å².